The van der Waals surface area contributed by atoms with E-state index in [1.165, 1.54) is 5.56 Å². The molecule has 0 aliphatic carbocycles. The summed E-state index contributed by atoms with van der Waals surface area (Å²) in [7, 11) is 0. The molecule has 1 atom stereocenters. The van der Waals surface area contributed by atoms with Crippen LogP contribution in [0.2, 0.25) is 0 Å². The van der Waals surface area contributed by atoms with Crippen molar-refractivity contribution in [2.24, 2.45) is 5.92 Å². The molecular weight excluding hydrogens is 400 g/mol. The first-order valence-corrected chi connectivity index (χ1v) is 11.7. The van der Waals surface area contributed by atoms with Crippen molar-refractivity contribution in [2.45, 2.75) is 45.1 Å². The zero-order valence-electron chi connectivity index (χ0n) is 18.4. The predicted molar refractivity (Wildman–Crippen MR) is 124 cm³/mol. The molecule has 2 aromatic carbocycles. The number of aromatic nitrogens is 2. The van der Waals surface area contributed by atoms with Crippen LogP contribution >= 0.6 is 0 Å². The number of carbonyl (C=O) groups excluding carboxylic acids is 2. The monoisotopic (exact) mass is 430 g/mol. The van der Waals surface area contributed by atoms with Crippen molar-refractivity contribution in [1.82, 2.24) is 20.0 Å². The van der Waals surface area contributed by atoms with E-state index >= 15 is 0 Å². The van der Waals surface area contributed by atoms with Gasteiger partial charge in [-0.05, 0) is 73.4 Å². The van der Waals surface area contributed by atoms with Crippen LogP contribution in [-0.2, 0) is 17.8 Å². The highest BCUT2D eigenvalue weighted by Crippen LogP contribution is 2.25. The van der Waals surface area contributed by atoms with Gasteiger partial charge in [0.15, 0.2) is 0 Å². The maximum atomic E-state index is 13.2. The third-order valence-corrected chi connectivity index (χ3v) is 6.88. The van der Waals surface area contributed by atoms with Crippen molar-refractivity contribution >= 4 is 22.7 Å². The minimum Gasteiger partial charge on any atom is -0.339 e. The Morgan fingerprint density at radius 1 is 1.03 bits per heavy atom. The lowest BCUT2D eigenvalue weighted by Gasteiger charge is -2.22. The molecule has 0 bridgehead atoms. The molecule has 166 valence electrons. The topological polar surface area (TPSA) is 69.3 Å². The molecule has 3 heterocycles. The Morgan fingerprint density at radius 2 is 1.97 bits per heavy atom. The molecule has 0 radical (unpaired) electrons. The standard InChI is InChI=1S/C26H30N4O2/c31-25-7-3-12-30(25)18-21-4-1-6-22(16-21)26(32)29-11-2-5-19(10-13-29)14-20-8-9-24-23(15-20)17-27-28-24/h1,4,6,8-9,15-17,19H,2-3,5,7,10-14,18H2,(H,27,28)/t19-/m0/s1. The molecule has 32 heavy (non-hydrogen) atoms. The van der Waals surface area contributed by atoms with Crippen molar-refractivity contribution in [3.63, 3.8) is 0 Å². The van der Waals surface area contributed by atoms with Crippen molar-refractivity contribution < 1.29 is 9.59 Å². The molecule has 0 saturated carbocycles. The molecule has 2 saturated heterocycles. The van der Waals surface area contributed by atoms with E-state index in [-0.39, 0.29) is 11.8 Å². The second-order valence-electron chi connectivity index (χ2n) is 9.20. The molecule has 3 aromatic rings. The van der Waals surface area contributed by atoms with Crippen LogP contribution < -0.4 is 0 Å². The number of carbonyl (C=O) groups is 2. The molecule has 1 N–H and O–H groups in total. The summed E-state index contributed by atoms with van der Waals surface area (Å²) in [4.78, 5) is 29.1. The molecule has 0 unspecified atom stereocenters. The third kappa shape index (κ3) is 4.54. The number of likely N-dealkylation sites (tertiary alicyclic amines) is 2. The predicted octanol–water partition coefficient (Wildman–Crippen LogP) is 4.17. The summed E-state index contributed by atoms with van der Waals surface area (Å²) in [5.74, 6) is 0.914. The minimum absolute atomic E-state index is 0.111. The van der Waals surface area contributed by atoms with Gasteiger partial charge in [0.25, 0.3) is 5.91 Å². The highest BCUT2D eigenvalue weighted by atomic mass is 16.2. The SMILES string of the molecule is O=C1CCCN1Cc1cccc(C(=O)N2CCC[C@H](Cc3ccc4[nH]ncc4c3)CC2)c1. The van der Waals surface area contributed by atoms with Crippen LogP contribution in [-0.4, -0.2) is 51.4 Å². The average molecular weight is 431 g/mol. The van der Waals surface area contributed by atoms with Gasteiger partial charge in [-0.3, -0.25) is 14.7 Å². The summed E-state index contributed by atoms with van der Waals surface area (Å²) in [6.07, 6.45) is 7.70. The van der Waals surface area contributed by atoms with Crippen LogP contribution in [0, 0.1) is 5.92 Å². The molecule has 1 aromatic heterocycles. The fourth-order valence-corrected chi connectivity index (χ4v) is 5.10. The lowest BCUT2D eigenvalue weighted by atomic mass is 9.92. The van der Waals surface area contributed by atoms with E-state index in [0.29, 0.717) is 18.9 Å². The van der Waals surface area contributed by atoms with Gasteiger partial charge in [0.2, 0.25) is 5.91 Å². The number of fused-ring (bicyclic) bond motifs is 1. The van der Waals surface area contributed by atoms with Crippen molar-refractivity contribution in [3.8, 4) is 0 Å². The maximum Gasteiger partial charge on any atom is 0.253 e. The zero-order valence-corrected chi connectivity index (χ0v) is 18.4. The molecule has 2 aliphatic rings. The lowest BCUT2D eigenvalue weighted by Crippen LogP contribution is -2.32. The van der Waals surface area contributed by atoms with Crippen LogP contribution in [0.3, 0.4) is 0 Å². The molecule has 2 amide bonds. The summed E-state index contributed by atoms with van der Waals surface area (Å²) in [6.45, 7) is 3.03. The lowest BCUT2D eigenvalue weighted by molar-refractivity contribution is -0.128. The number of benzene rings is 2. The van der Waals surface area contributed by atoms with Gasteiger partial charge in [0.05, 0.1) is 11.7 Å². The third-order valence-electron chi connectivity index (χ3n) is 6.88. The van der Waals surface area contributed by atoms with Gasteiger partial charge < -0.3 is 9.80 Å². The number of hydrogen-bond donors (Lipinski definition) is 1. The van der Waals surface area contributed by atoms with Crippen LogP contribution in [0.25, 0.3) is 10.9 Å². The van der Waals surface area contributed by atoms with Crippen LogP contribution in [0.15, 0.2) is 48.7 Å². The molecule has 6 nitrogen and oxygen atoms in total. The van der Waals surface area contributed by atoms with Gasteiger partial charge in [-0.2, -0.15) is 5.10 Å². The average Bonchev–Trinajstić information content (AvgIpc) is 3.36. The van der Waals surface area contributed by atoms with E-state index in [1.54, 1.807) is 0 Å². The number of nitrogens with zero attached hydrogens (tertiary/aromatic N) is 3. The molecule has 6 heteroatoms. The highest BCUT2D eigenvalue weighted by molar-refractivity contribution is 5.94. The second kappa shape index (κ2) is 9.15. The van der Waals surface area contributed by atoms with Crippen molar-refractivity contribution in [1.29, 1.82) is 0 Å². The summed E-state index contributed by atoms with van der Waals surface area (Å²) in [5, 5.41) is 8.27. The number of amides is 2. The van der Waals surface area contributed by atoms with Crippen molar-refractivity contribution in [3.05, 3.63) is 65.4 Å². The summed E-state index contributed by atoms with van der Waals surface area (Å²) in [5.41, 5.74) is 4.18. The number of rotatable bonds is 5. The smallest absolute Gasteiger partial charge is 0.253 e. The molecule has 2 aliphatic heterocycles. The number of H-pyrrole nitrogens is 1. The molecule has 5 rings (SSSR count). The Hall–Kier alpha value is -3.15. The molecular formula is C26H30N4O2. The number of hydrogen-bond acceptors (Lipinski definition) is 3. The van der Waals surface area contributed by atoms with Crippen LogP contribution in [0.1, 0.15) is 53.6 Å². The Bertz CT molecular complexity index is 1120. The summed E-state index contributed by atoms with van der Waals surface area (Å²) in [6, 6.07) is 14.3. The minimum atomic E-state index is 0.111. The molecule has 2 fully saturated rings. The van der Waals surface area contributed by atoms with E-state index in [2.05, 4.69) is 28.4 Å². The summed E-state index contributed by atoms with van der Waals surface area (Å²) >= 11 is 0. The Balaban J connectivity index is 1.20. The van der Waals surface area contributed by atoms with Gasteiger partial charge >= 0.3 is 0 Å². The fourth-order valence-electron chi connectivity index (χ4n) is 5.10. The van der Waals surface area contributed by atoms with E-state index in [0.717, 1.165) is 73.8 Å². The van der Waals surface area contributed by atoms with Crippen LogP contribution in [0.5, 0.6) is 0 Å². The first kappa shape index (κ1) is 20.7. The first-order valence-electron chi connectivity index (χ1n) is 11.7. The first-order chi connectivity index (χ1) is 15.7. The Morgan fingerprint density at radius 3 is 2.84 bits per heavy atom. The quantitative estimate of drug-likeness (QED) is 0.661. The van der Waals surface area contributed by atoms with E-state index < -0.39 is 0 Å². The Labute approximate surface area is 188 Å². The van der Waals surface area contributed by atoms with Gasteiger partial charge in [0.1, 0.15) is 0 Å². The van der Waals surface area contributed by atoms with E-state index in [1.807, 2.05) is 40.3 Å². The van der Waals surface area contributed by atoms with E-state index in [4.69, 9.17) is 0 Å². The van der Waals surface area contributed by atoms with Gasteiger partial charge in [0, 0.05) is 43.5 Å². The van der Waals surface area contributed by atoms with Crippen molar-refractivity contribution in [2.75, 3.05) is 19.6 Å². The fraction of sp³-hybridized carbons (Fsp3) is 0.423. The second-order valence-corrected chi connectivity index (χ2v) is 9.20. The van der Waals surface area contributed by atoms with Gasteiger partial charge in [-0.15, -0.1) is 0 Å². The zero-order chi connectivity index (χ0) is 21.9. The largest absolute Gasteiger partial charge is 0.339 e. The van der Waals surface area contributed by atoms with Gasteiger partial charge in [-0.1, -0.05) is 18.2 Å². The molecule has 0 spiro atoms. The number of nitrogens with one attached hydrogen (secondary N) is 1. The number of aromatic amines is 1. The summed E-state index contributed by atoms with van der Waals surface area (Å²) < 4.78 is 0. The van der Waals surface area contributed by atoms with Gasteiger partial charge in [-0.25, -0.2) is 0 Å². The van der Waals surface area contributed by atoms with E-state index in [9.17, 15) is 9.59 Å². The Kier molecular flexibility index (Phi) is 5.93. The van der Waals surface area contributed by atoms with Crippen LogP contribution in [0.4, 0.5) is 0 Å². The maximum absolute atomic E-state index is 13.2. The highest BCUT2D eigenvalue weighted by Gasteiger charge is 2.23. The normalized spacial score (nSPS) is 19.5.